The highest BCUT2D eigenvalue weighted by molar-refractivity contribution is 8.13. The number of aromatic nitrogens is 2. The Kier molecular flexibility index (Phi) is 4.06. The second kappa shape index (κ2) is 5.46. The van der Waals surface area contributed by atoms with Gasteiger partial charge in [0.15, 0.2) is 0 Å². The average molecular weight is 315 g/mol. The van der Waals surface area contributed by atoms with Crippen molar-refractivity contribution >= 4 is 19.7 Å². The van der Waals surface area contributed by atoms with Crippen molar-refractivity contribution < 1.29 is 8.42 Å². The Bertz CT molecular complexity index is 775. The summed E-state index contributed by atoms with van der Waals surface area (Å²) >= 11 is 0. The maximum atomic E-state index is 12.3. The summed E-state index contributed by atoms with van der Waals surface area (Å²) in [5.74, 6) is -0.315. The SMILES string of the molecule is CC(C)n1ccn(-c2ccccc2CS(=O)(=O)Cl)c1=O. The van der Waals surface area contributed by atoms with Crippen molar-refractivity contribution in [1.29, 1.82) is 0 Å². The molecule has 1 aromatic carbocycles. The molecule has 20 heavy (non-hydrogen) atoms. The van der Waals surface area contributed by atoms with Crippen molar-refractivity contribution in [3.63, 3.8) is 0 Å². The second-order valence-corrected chi connectivity index (χ2v) is 7.54. The van der Waals surface area contributed by atoms with Gasteiger partial charge in [-0.25, -0.2) is 13.2 Å². The van der Waals surface area contributed by atoms with Crippen molar-refractivity contribution in [3.05, 3.63) is 52.7 Å². The molecule has 5 nitrogen and oxygen atoms in total. The van der Waals surface area contributed by atoms with Gasteiger partial charge in [-0.2, -0.15) is 0 Å². The first-order chi connectivity index (χ1) is 9.29. The molecule has 0 aliphatic rings. The predicted molar refractivity (Wildman–Crippen MR) is 78.9 cm³/mol. The minimum Gasteiger partial charge on any atom is -0.296 e. The number of benzene rings is 1. The van der Waals surface area contributed by atoms with Crippen LogP contribution in [0.3, 0.4) is 0 Å². The van der Waals surface area contributed by atoms with E-state index in [1.54, 1.807) is 41.2 Å². The summed E-state index contributed by atoms with van der Waals surface area (Å²) in [7, 11) is 1.62. The van der Waals surface area contributed by atoms with Crippen LogP contribution < -0.4 is 5.69 Å². The Morgan fingerprint density at radius 2 is 1.85 bits per heavy atom. The van der Waals surface area contributed by atoms with Gasteiger partial charge in [-0.05, 0) is 25.5 Å². The fourth-order valence-corrected chi connectivity index (χ4v) is 2.99. The van der Waals surface area contributed by atoms with E-state index in [-0.39, 0.29) is 17.5 Å². The normalized spacial score (nSPS) is 12.0. The minimum atomic E-state index is -3.68. The van der Waals surface area contributed by atoms with Crippen molar-refractivity contribution in [2.75, 3.05) is 0 Å². The largest absolute Gasteiger partial charge is 0.332 e. The smallest absolute Gasteiger partial charge is 0.296 e. The van der Waals surface area contributed by atoms with Crippen LogP contribution in [-0.4, -0.2) is 17.6 Å². The van der Waals surface area contributed by atoms with Crippen LogP contribution in [0.25, 0.3) is 5.69 Å². The highest BCUT2D eigenvalue weighted by atomic mass is 35.7. The molecule has 2 rings (SSSR count). The van der Waals surface area contributed by atoms with Crippen LogP contribution in [0.1, 0.15) is 25.5 Å². The zero-order valence-electron chi connectivity index (χ0n) is 11.2. The van der Waals surface area contributed by atoms with Gasteiger partial charge in [0.2, 0.25) is 9.05 Å². The van der Waals surface area contributed by atoms with Crippen LogP contribution in [0.15, 0.2) is 41.5 Å². The molecule has 1 heterocycles. The molecular formula is C13H15ClN2O3S. The molecule has 0 unspecified atom stereocenters. The highest BCUT2D eigenvalue weighted by Gasteiger charge is 2.14. The van der Waals surface area contributed by atoms with Gasteiger partial charge in [-0.15, -0.1) is 0 Å². The third-order valence-corrected chi connectivity index (χ3v) is 3.92. The standard InChI is InChI=1S/C13H15ClN2O3S/c1-10(2)15-7-8-16(13(15)17)12-6-4-3-5-11(12)9-20(14,18)19/h3-8,10H,9H2,1-2H3. The summed E-state index contributed by atoms with van der Waals surface area (Å²) in [4.78, 5) is 12.3. The molecule has 0 aliphatic heterocycles. The molecule has 0 spiro atoms. The first-order valence-corrected chi connectivity index (χ1v) is 8.57. The Morgan fingerprint density at radius 1 is 1.20 bits per heavy atom. The monoisotopic (exact) mass is 314 g/mol. The van der Waals surface area contributed by atoms with E-state index < -0.39 is 9.05 Å². The van der Waals surface area contributed by atoms with Crippen LogP contribution in [0.4, 0.5) is 0 Å². The van der Waals surface area contributed by atoms with Gasteiger partial charge < -0.3 is 0 Å². The van der Waals surface area contributed by atoms with E-state index in [0.29, 0.717) is 11.3 Å². The molecule has 0 atom stereocenters. The zero-order chi connectivity index (χ0) is 14.9. The molecule has 0 saturated heterocycles. The third kappa shape index (κ3) is 3.13. The first kappa shape index (κ1) is 14.9. The fourth-order valence-electron chi connectivity index (χ4n) is 2.02. The maximum Gasteiger partial charge on any atom is 0.332 e. The summed E-state index contributed by atoms with van der Waals surface area (Å²) < 4.78 is 25.5. The van der Waals surface area contributed by atoms with E-state index >= 15 is 0 Å². The molecule has 0 fully saturated rings. The Labute approximate surface area is 121 Å². The molecular weight excluding hydrogens is 300 g/mol. The number of hydrogen-bond acceptors (Lipinski definition) is 3. The fraction of sp³-hybridized carbons (Fsp3) is 0.308. The van der Waals surface area contributed by atoms with Gasteiger partial charge in [0.1, 0.15) is 0 Å². The average Bonchev–Trinajstić information content (AvgIpc) is 2.70. The summed E-state index contributed by atoms with van der Waals surface area (Å²) in [6, 6.07) is 6.84. The number of rotatable bonds is 4. The minimum absolute atomic E-state index is 0.0349. The van der Waals surface area contributed by atoms with E-state index in [4.69, 9.17) is 10.7 Å². The van der Waals surface area contributed by atoms with Gasteiger partial charge in [-0.1, -0.05) is 18.2 Å². The van der Waals surface area contributed by atoms with Crippen LogP contribution in [0.5, 0.6) is 0 Å². The van der Waals surface area contributed by atoms with E-state index in [1.807, 2.05) is 13.8 Å². The molecule has 7 heteroatoms. The topological polar surface area (TPSA) is 61.1 Å². The van der Waals surface area contributed by atoms with Crippen LogP contribution >= 0.6 is 10.7 Å². The first-order valence-electron chi connectivity index (χ1n) is 6.09. The highest BCUT2D eigenvalue weighted by Crippen LogP contribution is 2.18. The summed E-state index contributed by atoms with van der Waals surface area (Å²) in [5, 5.41) is 0. The molecule has 0 bridgehead atoms. The Balaban J connectivity index is 2.57. The molecule has 0 aliphatic carbocycles. The number of imidazole rings is 1. The lowest BCUT2D eigenvalue weighted by Gasteiger charge is -2.09. The maximum absolute atomic E-state index is 12.3. The molecule has 2 aromatic rings. The van der Waals surface area contributed by atoms with Gasteiger partial charge >= 0.3 is 5.69 Å². The second-order valence-electron chi connectivity index (χ2n) is 4.76. The van der Waals surface area contributed by atoms with E-state index in [1.165, 1.54) is 4.57 Å². The Morgan fingerprint density at radius 3 is 2.40 bits per heavy atom. The van der Waals surface area contributed by atoms with Crippen molar-refractivity contribution in [1.82, 2.24) is 9.13 Å². The Hall–Kier alpha value is -1.53. The van der Waals surface area contributed by atoms with Crippen molar-refractivity contribution in [2.45, 2.75) is 25.6 Å². The summed E-state index contributed by atoms with van der Waals surface area (Å²) in [6.07, 6.45) is 3.31. The molecule has 0 N–H and O–H groups in total. The van der Waals surface area contributed by atoms with E-state index in [0.717, 1.165) is 0 Å². The van der Waals surface area contributed by atoms with Crippen LogP contribution in [-0.2, 0) is 14.8 Å². The molecule has 0 saturated carbocycles. The van der Waals surface area contributed by atoms with Crippen LogP contribution in [0, 0.1) is 0 Å². The van der Waals surface area contributed by atoms with Crippen LogP contribution in [0.2, 0.25) is 0 Å². The van der Waals surface area contributed by atoms with Crippen molar-refractivity contribution in [3.8, 4) is 5.69 Å². The quantitative estimate of drug-likeness (QED) is 0.813. The molecule has 108 valence electrons. The number of nitrogens with zero attached hydrogens (tertiary/aromatic N) is 2. The number of hydrogen-bond donors (Lipinski definition) is 0. The number of para-hydroxylation sites is 1. The van der Waals surface area contributed by atoms with Gasteiger partial charge in [0.05, 0.1) is 11.4 Å². The van der Waals surface area contributed by atoms with Crippen molar-refractivity contribution in [2.24, 2.45) is 0 Å². The van der Waals surface area contributed by atoms with E-state index in [2.05, 4.69) is 0 Å². The van der Waals surface area contributed by atoms with E-state index in [9.17, 15) is 13.2 Å². The summed E-state index contributed by atoms with van der Waals surface area (Å²) in [5.41, 5.74) is 0.812. The summed E-state index contributed by atoms with van der Waals surface area (Å²) in [6.45, 7) is 3.81. The van der Waals surface area contributed by atoms with Gasteiger partial charge in [0.25, 0.3) is 0 Å². The lowest BCUT2D eigenvalue weighted by atomic mass is 10.2. The number of halogens is 1. The zero-order valence-corrected chi connectivity index (χ0v) is 12.7. The lowest BCUT2D eigenvalue weighted by molar-refractivity contribution is 0.574. The van der Waals surface area contributed by atoms with Gasteiger partial charge in [-0.3, -0.25) is 9.13 Å². The lowest BCUT2D eigenvalue weighted by Crippen LogP contribution is -2.24. The molecule has 1 aromatic heterocycles. The molecule has 0 radical (unpaired) electrons. The molecule has 0 amide bonds. The third-order valence-electron chi connectivity index (χ3n) is 2.94. The predicted octanol–water partition coefficient (Wildman–Crippen LogP) is 2.29. The van der Waals surface area contributed by atoms with Gasteiger partial charge in [0, 0.05) is 29.1 Å².